The van der Waals surface area contributed by atoms with Gasteiger partial charge in [-0.15, -0.1) is 21.9 Å². The minimum atomic E-state index is -7.12. The zero-order valence-corrected chi connectivity index (χ0v) is 24.4. The lowest BCUT2D eigenvalue weighted by Gasteiger charge is -2.45. The highest BCUT2D eigenvalue weighted by molar-refractivity contribution is 7.26. The molecule has 0 aliphatic heterocycles. The molecule has 22 heteroatoms. The van der Waals surface area contributed by atoms with Gasteiger partial charge >= 0.3 is 0 Å². The highest BCUT2D eigenvalue weighted by Gasteiger charge is 2.52. The Kier molecular flexibility index (Phi) is 9.17. The Bertz CT molecular complexity index is 1790. The highest BCUT2D eigenvalue weighted by atomic mass is 35.6. The van der Waals surface area contributed by atoms with E-state index in [-0.39, 0.29) is 0 Å². The lowest BCUT2D eigenvalue weighted by Crippen LogP contribution is -2.81. The van der Waals surface area contributed by atoms with Crippen molar-refractivity contribution in [2.75, 3.05) is 0 Å². The molecule has 0 radical (unpaired) electrons. The maximum absolute atomic E-state index is 16.1. The fraction of sp³-hybridized carbons (Fsp3) is 0.0769. The first-order valence-electron chi connectivity index (χ1n) is 12.2. The van der Waals surface area contributed by atoms with Crippen molar-refractivity contribution in [3.05, 3.63) is 111 Å². The van der Waals surface area contributed by atoms with Crippen LogP contribution in [0, 0.1) is 111 Å². The maximum atomic E-state index is 16.1. The summed E-state index contributed by atoms with van der Waals surface area (Å²) in [5, 5.41) is -1.86. The fourth-order valence-electron chi connectivity index (χ4n) is 5.42. The topological polar surface area (TPSA) is 0 Å². The highest BCUT2D eigenvalue weighted by Crippen LogP contribution is 2.30. The van der Waals surface area contributed by atoms with Gasteiger partial charge in [-0.2, -0.15) is 11.1 Å². The van der Waals surface area contributed by atoms with Crippen molar-refractivity contribution in [3.8, 4) is 0 Å². The number of hydrogen-bond acceptors (Lipinski definition) is 0. The van der Waals surface area contributed by atoms with E-state index in [1.54, 1.807) is 0 Å². The van der Waals surface area contributed by atoms with Crippen molar-refractivity contribution in [1.29, 1.82) is 0 Å². The molecule has 0 aliphatic rings. The quantitative estimate of drug-likeness (QED) is 0.0733. The van der Waals surface area contributed by atoms with Gasteiger partial charge in [-0.3, -0.25) is 0 Å². The van der Waals surface area contributed by atoms with E-state index in [0.717, 1.165) is 0 Å². The van der Waals surface area contributed by atoms with Crippen LogP contribution >= 0.6 is 11.1 Å². The molecule has 48 heavy (non-hydrogen) atoms. The first kappa shape index (κ1) is 36.9. The predicted molar refractivity (Wildman–Crippen MR) is 132 cm³/mol. The lowest BCUT2D eigenvalue weighted by atomic mass is 9.12. The molecule has 0 aromatic heterocycles. The minimum absolute atomic E-state index is 0.700. The third-order valence-electron chi connectivity index (χ3n) is 7.36. The molecular weight excluding hydrogens is 748 g/mol. The summed E-state index contributed by atoms with van der Waals surface area (Å²) < 4.78 is 287. The Morgan fingerprint density at radius 1 is 0.292 bits per heavy atom. The Balaban J connectivity index is 2.70. The van der Waals surface area contributed by atoms with Crippen LogP contribution in [0.3, 0.4) is 0 Å². The molecule has 0 heterocycles. The Morgan fingerprint density at radius 3 is 0.604 bits per heavy atom. The number of benzene rings is 4. The first-order valence-corrected chi connectivity index (χ1v) is 16.2. The van der Waals surface area contributed by atoms with Crippen LogP contribution in [-0.4, -0.2) is 13.5 Å². The molecule has 4 aromatic rings. The summed E-state index contributed by atoms with van der Waals surface area (Å²) in [5.41, 5.74) is -13.8. The zero-order chi connectivity index (χ0) is 36.9. The van der Waals surface area contributed by atoms with Gasteiger partial charge in [0.15, 0.2) is 71.4 Å². The second kappa shape index (κ2) is 11.9. The summed E-state index contributed by atoms with van der Waals surface area (Å²) >= 11 is 5.81. The maximum Gasteiger partial charge on any atom is 0.200 e. The van der Waals surface area contributed by atoms with Gasteiger partial charge < -0.3 is 0 Å². The van der Waals surface area contributed by atoms with Gasteiger partial charge in [0.05, 0.1) is 0 Å². The van der Waals surface area contributed by atoms with Crippen molar-refractivity contribution in [2.24, 2.45) is 0 Å². The second-order valence-corrected chi connectivity index (χ2v) is 16.6. The van der Waals surface area contributed by atoms with E-state index >= 15 is 43.9 Å². The van der Waals surface area contributed by atoms with Crippen LogP contribution in [0.15, 0.2) is 0 Å². The molecule has 0 nitrogen and oxygen atoms in total. The summed E-state index contributed by atoms with van der Waals surface area (Å²) in [6, 6.07) is 0. The number of rotatable bonds is 5. The van der Waals surface area contributed by atoms with Crippen LogP contribution in [0.5, 0.6) is 0 Å². The van der Waals surface area contributed by atoms with Crippen molar-refractivity contribution < 1.29 is 83.4 Å². The van der Waals surface area contributed by atoms with E-state index in [4.69, 9.17) is 11.1 Å². The molecule has 0 amide bonds. The van der Waals surface area contributed by atoms with Crippen LogP contribution in [0.2, 0.25) is 13.1 Å². The predicted octanol–water partition coefficient (Wildman–Crippen LogP) is 6.36. The summed E-state index contributed by atoms with van der Waals surface area (Å²) in [6.45, 7) is 1.40. The normalized spacial score (nSPS) is 12.4. The third-order valence-corrected chi connectivity index (χ3v) is 9.55. The van der Waals surface area contributed by atoms with E-state index in [1.165, 1.54) is 0 Å². The molecule has 0 fully saturated rings. The molecule has 0 unspecified atom stereocenters. The molecule has 0 spiro atoms. The molecule has 0 atom stereocenters. The van der Waals surface area contributed by atoms with Crippen molar-refractivity contribution >= 4 is 51.6 Å². The average molecular weight is 754 g/mol. The van der Waals surface area contributed by atoms with Gasteiger partial charge in [0, 0.05) is 5.19 Å². The monoisotopic (exact) mass is 753 g/mol. The molecule has 4 rings (SSSR count). The van der Waals surface area contributed by atoms with Gasteiger partial charge in [-0.1, -0.05) is 13.1 Å². The van der Waals surface area contributed by atoms with Gasteiger partial charge in [0.1, 0.15) is 52.7 Å². The fourth-order valence-corrected chi connectivity index (χ4v) is 7.18. The van der Waals surface area contributed by atoms with E-state index in [1.807, 2.05) is 0 Å². The van der Waals surface area contributed by atoms with E-state index in [9.17, 15) is 39.5 Å². The smallest absolute Gasteiger partial charge is 0.200 e. The van der Waals surface area contributed by atoms with E-state index in [0.29, 0.717) is 13.1 Å². The van der Waals surface area contributed by atoms with Gasteiger partial charge in [-0.25, -0.2) is 83.4 Å². The summed E-state index contributed by atoms with van der Waals surface area (Å²) in [4.78, 5) is 0. The number of hydrogen-bond donors (Lipinski definition) is 0. The van der Waals surface area contributed by atoms with Crippen LogP contribution in [-0.2, 0) is 0 Å². The molecular formula is C26H6BClF19Si-. The first-order chi connectivity index (χ1) is 21.9. The second-order valence-electron chi connectivity index (χ2n) is 10.3. The molecule has 0 saturated carbocycles. The minimum Gasteiger partial charge on any atom is -0.207 e. The third kappa shape index (κ3) is 4.78. The van der Waals surface area contributed by atoms with Crippen molar-refractivity contribution in [1.82, 2.24) is 0 Å². The summed E-state index contributed by atoms with van der Waals surface area (Å²) in [7, 11) is -4.35. The Morgan fingerprint density at radius 2 is 0.438 bits per heavy atom. The molecule has 0 N–H and O–H groups in total. The number of halogens is 20. The summed E-state index contributed by atoms with van der Waals surface area (Å²) in [5.74, 6) is -65.2. The summed E-state index contributed by atoms with van der Waals surface area (Å²) in [6.07, 6.45) is -7.12. The van der Waals surface area contributed by atoms with Crippen molar-refractivity contribution in [2.45, 2.75) is 13.1 Å². The Labute approximate surface area is 259 Å². The molecule has 0 aliphatic carbocycles. The average Bonchev–Trinajstić information content (AvgIpc) is 3.01. The molecule has 0 bridgehead atoms. The molecule has 4 aromatic carbocycles. The largest absolute Gasteiger partial charge is 0.207 e. The van der Waals surface area contributed by atoms with Crippen LogP contribution < -0.4 is 27.0 Å². The van der Waals surface area contributed by atoms with Gasteiger partial charge in [0.25, 0.3) is 0 Å². The zero-order valence-electron chi connectivity index (χ0n) is 22.6. The van der Waals surface area contributed by atoms with Crippen LogP contribution in [0.25, 0.3) is 0 Å². The van der Waals surface area contributed by atoms with Crippen molar-refractivity contribution in [3.63, 3.8) is 0 Å². The van der Waals surface area contributed by atoms with Gasteiger partial charge in [-0.05, 0) is 0 Å². The van der Waals surface area contributed by atoms with E-state index < -0.39 is 151 Å². The van der Waals surface area contributed by atoms with Crippen LogP contribution in [0.4, 0.5) is 83.4 Å². The lowest BCUT2D eigenvalue weighted by molar-refractivity contribution is 0.379. The van der Waals surface area contributed by atoms with Crippen LogP contribution in [0.1, 0.15) is 0 Å². The standard InChI is InChI=1S/C26H6BClF19Si/c1-48(2,28)26-24(46)13(35)6(14(36)25(26)47)27(3-7(29)15(37)21(43)16(38)8(3)30,4-9(31)17(39)22(44)18(40)10(4)32)5-11(33)19(41)23(45)20(42)12(5)34/h1-2H3/q-1. The SMILES string of the molecule is C[Si](C)(Cl)c1c(F)c(F)c([B-](c2c(F)c(F)c(F)c(F)c2F)(c2c(F)c(F)c(F)c(F)c2F)c2c(F)c(F)c(F)c(F)c2F)c(F)c1F. The molecule has 258 valence electrons. The Hall–Kier alpha value is -3.88. The van der Waals surface area contributed by atoms with Gasteiger partial charge in [0.2, 0.25) is 0 Å². The molecule has 0 saturated heterocycles. The van der Waals surface area contributed by atoms with E-state index in [2.05, 4.69) is 0 Å².